The van der Waals surface area contributed by atoms with Crippen molar-refractivity contribution in [2.45, 2.75) is 32.1 Å². The molecule has 0 unspecified atom stereocenters. The van der Waals surface area contributed by atoms with Gasteiger partial charge in [-0.2, -0.15) is 0 Å². The van der Waals surface area contributed by atoms with Crippen LogP contribution in [0.1, 0.15) is 31.4 Å². The third kappa shape index (κ3) is 4.19. The van der Waals surface area contributed by atoms with E-state index in [4.69, 9.17) is 5.11 Å². The van der Waals surface area contributed by atoms with Crippen LogP contribution in [0.25, 0.3) is 0 Å². The third-order valence-corrected chi connectivity index (χ3v) is 4.35. The Labute approximate surface area is 121 Å². The summed E-state index contributed by atoms with van der Waals surface area (Å²) in [5.74, 6) is -0.796. The Bertz CT molecular complexity index is 457. The fourth-order valence-electron chi connectivity index (χ4n) is 2.41. The average Bonchev–Trinajstić information content (AvgIpc) is 2.85. The Hall–Kier alpha value is -1.63. The monoisotopic (exact) mass is 297 g/mol. The number of carbonyl (C=O) groups excluding carboxylic acids is 1. The topological polar surface area (TPSA) is 91.3 Å². The van der Waals surface area contributed by atoms with E-state index in [0.29, 0.717) is 19.5 Å². The minimum Gasteiger partial charge on any atom is -0.481 e. The second-order valence-corrected chi connectivity index (χ2v) is 5.98. The summed E-state index contributed by atoms with van der Waals surface area (Å²) in [6.07, 6.45) is 3.63. The average molecular weight is 297 g/mol. The van der Waals surface area contributed by atoms with Crippen molar-refractivity contribution in [1.29, 1.82) is 0 Å². The molecule has 0 aromatic carbocycles. The number of hydrogen-bond acceptors (Lipinski definition) is 4. The molecule has 0 bridgehead atoms. The molecule has 0 saturated heterocycles. The van der Waals surface area contributed by atoms with Crippen LogP contribution in [0, 0.1) is 5.41 Å². The lowest BCUT2D eigenvalue weighted by Crippen LogP contribution is -2.46. The number of carboxylic acids is 1. The maximum atomic E-state index is 11.7. The predicted molar refractivity (Wildman–Crippen MR) is 75.8 cm³/mol. The van der Waals surface area contributed by atoms with Gasteiger partial charge < -0.3 is 15.7 Å². The summed E-state index contributed by atoms with van der Waals surface area (Å²) in [7, 11) is 0. The lowest BCUT2D eigenvalue weighted by molar-refractivity contribution is -0.141. The first-order valence-corrected chi connectivity index (χ1v) is 7.64. The number of rotatable bonds is 7. The number of nitrogens with zero attached hydrogens (tertiary/aromatic N) is 1. The van der Waals surface area contributed by atoms with Gasteiger partial charge in [-0.05, 0) is 18.3 Å². The number of thiazole rings is 1. The van der Waals surface area contributed by atoms with Crippen LogP contribution >= 0.6 is 11.3 Å². The molecule has 1 aliphatic rings. The van der Waals surface area contributed by atoms with E-state index in [0.717, 1.165) is 25.0 Å². The Morgan fingerprint density at radius 2 is 2.20 bits per heavy atom. The second kappa shape index (κ2) is 6.69. The van der Waals surface area contributed by atoms with E-state index in [1.165, 1.54) is 11.3 Å². The summed E-state index contributed by atoms with van der Waals surface area (Å²) in [4.78, 5) is 26.6. The molecule has 3 N–H and O–H groups in total. The van der Waals surface area contributed by atoms with Gasteiger partial charge in [0.1, 0.15) is 0 Å². The molecule has 0 aliphatic heterocycles. The van der Waals surface area contributed by atoms with Crippen LogP contribution in [0.2, 0.25) is 0 Å². The van der Waals surface area contributed by atoms with Crippen molar-refractivity contribution in [2.24, 2.45) is 5.41 Å². The number of amides is 2. The molecular weight excluding hydrogens is 278 g/mol. The van der Waals surface area contributed by atoms with E-state index in [2.05, 4.69) is 15.6 Å². The molecule has 1 aliphatic carbocycles. The van der Waals surface area contributed by atoms with Gasteiger partial charge in [-0.1, -0.05) is 6.42 Å². The highest BCUT2D eigenvalue weighted by Crippen LogP contribution is 2.43. The van der Waals surface area contributed by atoms with Gasteiger partial charge in [-0.25, -0.2) is 9.78 Å². The molecule has 0 atom stereocenters. The summed E-state index contributed by atoms with van der Waals surface area (Å²) in [5, 5.41) is 16.4. The van der Waals surface area contributed by atoms with Crippen molar-refractivity contribution in [3.8, 4) is 0 Å². The van der Waals surface area contributed by atoms with Crippen molar-refractivity contribution in [3.63, 3.8) is 0 Å². The minimum absolute atomic E-state index is 0.131. The highest BCUT2D eigenvalue weighted by molar-refractivity contribution is 7.07. The van der Waals surface area contributed by atoms with Crippen molar-refractivity contribution in [1.82, 2.24) is 15.6 Å². The summed E-state index contributed by atoms with van der Waals surface area (Å²) in [6, 6.07) is -0.239. The fraction of sp³-hybridized carbons (Fsp3) is 0.615. The summed E-state index contributed by atoms with van der Waals surface area (Å²) >= 11 is 1.53. The van der Waals surface area contributed by atoms with Gasteiger partial charge in [0.25, 0.3) is 0 Å². The zero-order valence-electron chi connectivity index (χ0n) is 11.2. The number of carbonyl (C=O) groups is 2. The summed E-state index contributed by atoms with van der Waals surface area (Å²) in [5.41, 5.74) is 2.50. The number of aromatic nitrogens is 1. The smallest absolute Gasteiger partial charge is 0.314 e. The fourth-order valence-corrected chi connectivity index (χ4v) is 3.00. The molecule has 0 spiro atoms. The Morgan fingerprint density at radius 1 is 1.40 bits per heavy atom. The first-order valence-electron chi connectivity index (χ1n) is 6.70. The number of nitrogens with one attached hydrogen (secondary N) is 2. The zero-order valence-corrected chi connectivity index (χ0v) is 12.0. The SMILES string of the molecule is O=C(O)CC1(CNC(=O)NCCc2cscn2)CCC1. The molecule has 1 fully saturated rings. The summed E-state index contributed by atoms with van der Waals surface area (Å²) < 4.78 is 0. The molecule has 2 amide bonds. The molecule has 7 heteroatoms. The van der Waals surface area contributed by atoms with E-state index >= 15 is 0 Å². The van der Waals surface area contributed by atoms with E-state index in [9.17, 15) is 9.59 Å². The van der Waals surface area contributed by atoms with Gasteiger partial charge in [0.05, 0.1) is 17.6 Å². The van der Waals surface area contributed by atoms with Crippen LogP contribution in [0.4, 0.5) is 4.79 Å². The van der Waals surface area contributed by atoms with Gasteiger partial charge >= 0.3 is 12.0 Å². The van der Waals surface area contributed by atoms with Gasteiger partial charge in [0.2, 0.25) is 0 Å². The summed E-state index contributed by atoms with van der Waals surface area (Å²) in [6.45, 7) is 0.962. The van der Waals surface area contributed by atoms with E-state index in [1.54, 1.807) is 5.51 Å². The zero-order chi connectivity index (χ0) is 14.4. The number of carboxylic acid groups (broad SMARTS) is 1. The molecule has 1 aromatic rings. The predicted octanol–water partition coefficient (Wildman–Crippen LogP) is 1.63. The van der Waals surface area contributed by atoms with E-state index in [-0.39, 0.29) is 17.9 Å². The molecule has 1 heterocycles. The maximum absolute atomic E-state index is 11.7. The number of urea groups is 1. The number of aliphatic carboxylic acids is 1. The van der Waals surface area contributed by atoms with Crippen LogP contribution in [0.5, 0.6) is 0 Å². The second-order valence-electron chi connectivity index (χ2n) is 5.26. The number of hydrogen-bond donors (Lipinski definition) is 3. The quantitative estimate of drug-likeness (QED) is 0.713. The Balaban J connectivity index is 1.65. The molecule has 6 nitrogen and oxygen atoms in total. The Morgan fingerprint density at radius 3 is 2.75 bits per heavy atom. The first-order chi connectivity index (χ1) is 9.60. The Kier molecular flexibility index (Phi) is 4.94. The molecule has 2 rings (SSSR count). The van der Waals surface area contributed by atoms with Crippen LogP contribution in [-0.2, 0) is 11.2 Å². The van der Waals surface area contributed by atoms with E-state index in [1.807, 2.05) is 5.38 Å². The van der Waals surface area contributed by atoms with Gasteiger partial charge in [-0.3, -0.25) is 4.79 Å². The lowest BCUT2D eigenvalue weighted by atomic mass is 9.66. The molecule has 0 radical (unpaired) electrons. The molecular formula is C13H19N3O3S. The lowest BCUT2D eigenvalue weighted by Gasteiger charge is -2.40. The van der Waals surface area contributed by atoms with E-state index < -0.39 is 5.97 Å². The van der Waals surface area contributed by atoms with Crippen LogP contribution in [0.15, 0.2) is 10.9 Å². The first kappa shape index (κ1) is 14.8. The van der Waals surface area contributed by atoms with Crippen molar-refractivity contribution in [3.05, 3.63) is 16.6 Å². The maximum Gasteiger partial charge on any atom is 0.314 e. The van der Waals surface area contributed by atoms with Gasteiger partial charge in [-0.15, -0.1) is 11.3 Å². The molecule has 1 saturated carbocycles. The van der Waals surface area contributed by atoms with Gasteiger partial charge in [0.15, 0.2) is 0 Å². The van der Waals surface area contributed by atoms with Crippen LogP contribution in [0.3, 0.4) is 0 Å². The standard InChI is InChI=1S/C13H19N3O3S/c17-11(18)6-13(3-1-4-13)8-15-12(19)14-5-2-10-7-20-9-16-10/h7,9H,1-6,8H2,(H,17,18)(H2,14,15,19). The minimum atomic E-state index is -0.796. The normalized spacial score (nSPS) is 16.2. The highest BCUT2D eigenvalue weighted by Gasteiger charge is 2.39. The van der Waals surface area contributed by atoms with Crippen molar-refractivity contribution >= 4 is 23.3 Å². The van der Waals surface area contributed by atoms with Crippen LogP contribution in [-0.4, -0.2) is 35.2 Å². The van der Waals surface area contributed by atoms with Crippen molar-refractivity contribution < 1.29 is 14.7 Å². The highest BCUT2D eigenvalue weighted by atomic mass is 32.1. The largest absolute Gasteiger partial charge is 0.481 e. The van der Waals surface area contributed by atoms with Crippen LogP contribution < -0.4 is 10.6 Å². The van der Waals surface area contributed by atoms with Crippen molar-refractivity contribution in [2.75, 3.05) is 13.1 Å². The third-order valence-electron chi connectivity index (χ3n) is 3.71. The molecule has 20 heavy (non-hydrogen) atoms. The van der Waals surface area contributed by atoms with Gasteiger partial charge in [0, 0.05) is 24.9 Å². The molecule has 110 valence electrons. The molecule has 1 aromatic heterocycles.